The highest BCUT2D eigenvalue weighted by Gasteiger charge is 2.12. The molecule has 0 amide bonds. The molecule has 86 valence electrons. The molecule has 0 spiro atoms. The molecule has 0 aliphatic rings. The van der Waals surface area contributed by atoms with Gasteiger partial charge in [0, 0.05) is 6.92 Å². The molecule has 0 bridgehead atoms. The first-order valence-electron chi connectivity index (χ1n) is 4.31. The van der Waals surface area contributed by atoms with Crippen LogP contribution in [0.25, 0.3) is 0 Å². The molecule has 0 unspecified atom stereocenters. The maximum atomic E-state index is 11.1. The number of nitrogens with zero attached hydrogens (tertiary/aromatic N) is 1. The lowest BCUT2D eigenvalue weighted by molar-refractivity contribution is -0.134. The van der Waals surface area contributed by atoms with Crippen LogP contribution >= 0.6 is 23.2 Å². The molecule has 0 saturated heterocycles. The topological polar surface area (TPSA) is 85.1 Å². The van der Waals surface area contributed by atoms with Gasteiger partial charge in [0.05, 0.1) is 17.3 Å². The Bertz CT molecular complexity index is 425. The first kappa shape index (κ1) is 12.7. The summed E-state index contributed by atoms with van der Waals surface area (Å²) in [6, 6.07) is 1.39. The van der Waals surface area contributed by atoms with Crippen LogP contribution in [0, 0.1) is 0 Å². The molecule has 0 aromatic carbocycles. The molecule has 3 N–H and O–H groups in total. The van der Waals surface area contributed by atoms with E-state index in [0.29, 0.717) is 5.69 Å². The molecule has 0 aliphatic carbocycles. The number of nitrogens with two attached hydrogens (primary N) is 1. The van der Waals surface area contributed by atoms with E-state index in [1.54, 1.807) is 0 Å². The van der Waals surface area contributed by atoms with Crippen molar-refractivity contribution in [2.24, 2.45) is 0 Å². The lowest BCUT2D eigenvalue weighted by Gasteiger charge is -2.09. The number of halogens is 2. The Morgan fingerprint density at radius 2 is 2.12 bits per heavy atom. The van der Waals surface area contributed by atoms with Crippen LogP contribution in [0.4, 0.5) is 11.5 Å². The van der Waals surface area contributed by atoms with Crippen molar-refractivity contribution in [3.63, 3.8) is 0 Å². The summed E-state index contributed by atoms with van der Waals surface area (Å²) in [5, 5.41) is 3.04. The second-order valence-electron chi connectivity index (χ2n) is 3.02. The second kappa shape index (κ2) is 5.14. The van der Waals surface area contributed by atoms with Gasteiger partial charge in [0.15, 0.2) is 5.78 Å². The van der Waals surface area contributed by atoms with E-state index in [4.69, 9.17) is 28.9 Å². The van der Waals surface area contributed by atoms with Crippen LogP contribution in [0.1, 0.15) is 6.92 Å². The highest BCUT2D eigenvalue weighted by molar-refractivity contribution is 6.38. The van der Waals surface area contributed by atoms with E-state index in [1.807, 2.05) is 0 Å². The van der Waals surface area contributed by atoms with E-state index in [2.05, 4.69) is 10.3 Å². The fourth-order valence-electron chi connectivity index (χ4n) is 0.970. The van der Waals surface area contributed by atoms with Crippen molar-refractivity contribution >= 4 is 46.3 Å². The number of carbonyl (C=O) groups excluding carboxylic acids is 2. The number of ketones is 2. The van der Waals surface area contributed by atoms with Crippen molar-refractivity contribution in [3.8, 4) is 0 Å². The number of hydrogen-bond donors (Lipinski definition) is 2. The summed E-state index contributed by atoms with van der Waals surface area (Å²) in [6.07, 6.45) is 0. The predicted octanol–water partition coefficient (Wildman–Crippen LogP) is 1.54. The summed E-state index contributed by atoms with van der Waals surface area (Å²) < 4.78 is 0. The largest absolute Gasteiger partial charge is 0.382 e. The lowest BCUT2D eigenvalue weighted by atomic mass is 10.3. The van der Waals surface area contributed by atoms with E-state index < -0.39 is 11.6 Å². The zero-order chi connectivity index (χ0) is 12.3. The highest BCUT2D eigenvalue weighted by atomic mass is 35.5. The van der Waals surface area contributed by atoms with Gasteiger partial charge in [-0.1, -0.05) is 23.2 Å². The lowest BCUT2D eigenvalue weighted by Crippen LogP contribution is -2.21. The minimum atomic E-state index is -0.564. The molecule has 0 atom stereocenters. The third kappa shape index (κ3) is 3.08. The summed E-state index contributed by atoms with van der Waals surface area (Å²) >= 11 is 11.4. The van der Waals surface area contributed by atoms with E-state index in [9.17, 15) is 9.59 Å². The Labute approximate surface area is 102 Å². The molecule has 1 aromatic heterocycles. The zero-order valence-corrected chi connectivity index (χ0v) is 9.89. The second-order valence-corrected chi connectivity index (χ2v) is 3.81. The van der Waals surface area contributed by atoms with E-state index >= 15 is 0 Å². The first-order valence-corrected chi connectivity index (χ1v) is 5.06. The van der Waals surface area contributed by atoms with Gasteiger partial charge in [-0.3, -0.25) is 9.59 Å². The molecule has 0 fully saturated rings. The Kier molecular flexibility index (Phi) is 4.09. The molecular weight excluding hydrogens is 253 g/mol. The number of pyridine rings is 1. The number of anilines is 2. The number of Topliss-reactive ketones (excluding diaryl/α,β-unsaturated/α-hetero) is 2. The SMILES string of the molecule is CC(=O)C(=O)CNc1c(Cl)cc(Cl)nc1N. The van der Waals surface area contributed by atoms with Gasteiger partial charge in [0.2, 0.25) is 5.78 Å². The Morgan fingerprint density at radius 3 is 2.62 bits per heavy atom. The number of carbonyl (C=O) groups is 2. The molecule has 0 aliphatic heterocycles. The van der Waals surface area contributed by atoms with Gasteiger partial charge >= 0.3 is 0 Å². The number of nitrogen functional groups attached to an aromatic ring is 1. The Hall–Kier alpha value is -1.33. The minimum absolute atomic E-state index is 0.0776. The van der Waals surface area contributed by atoms with Gasteiger partial charge in [0.25, 0.3) is 0 Å². The molecule has 0 radical (unpaired) electrons. The van der Waals surface area contributed by atoms with E-state index in [0.717, 1.165) is 0 Å². The van der Waals surface area contributed by atoms with Crippen molar-refractivity contribution in [3.05, 3.63) is 16.2 Å². The van der Waals surface area contributed by atoms with Crippen molar-refractivity contribution in [1.29, 1.82) is 0 Å². The third-order valence-electron chi connectivity index (χ3n) is 1.79. The van der Waals surface area contributed by atoms with Crippen LogP contribution < -0.4 is 11.1 Å². The van der Waals surface area contributed by atoms with Gasteiger partial charge < -0.3 is 11.1 Å². The van der Waals surface area contributed by atoms with Gasteiger partial charge in [0.1, 0.15) is 11.0 Å². The quantitative estimate of drug-likeness (QED) is 0.635. The van der Waals surface area contributed by atoms with Gasteiger partial charge in [-0.25, -0.2) is 4.98 Å². The Morgan fingerprint density at radius 1 is 1.50 bits per heavy atom. The third-order valence-corrected chi connectivity index (χ3v) is 2.28. The summed E-state index contributed by atoms with van der Waals surface area (Å²) in [7, 11) is 0. The zero-order valence-electron chi connectivity index (χ0n) is 8.38. The van der Waals surface area contributed by atoms with Crippen molar-refractivity contribution in [2.75, 3.05) is 17.6 Å². The van der Waals surface area contributed by atoms with Gasteiger partial charge in [-0.15, -0.1) is 0 Å². The van der Waals surface area contributed by atoms with Crippen LogP contribution in [0.15, 0.2) is 6.07 Å². The van der Waals surface area contributed by atoms with Crippen molar-refractivity contribution < 1.29 is 9.59 Å². The summed E-state index contributed by atoms with van der Waals surface area (Å²) in [5.74, 6) is -1.02. The fraction of sp³-hybridized carbons (Fsp3) is 0.222. The van der Waals surface area contributed by atoms with Crippen molar-refractivity contribution in [2.45, 2.75) is 6.92 Å². The standard InChI is InChI=1S/C9H9Cl2N3O2/c1-4(15)6(16)3-13-8-5(10)2-7(11)14-9(8)12/h2,13H,3H2,1H3,(H2,12,14). The molecular formula is C9H9Cl2N3O2. The number of rotatable bonds is 4. The van der Waals surface area contributed by atoms with Crippen LogP contribution in [-0.2, 0) is 9.59 Å². The van der Waals surface area contributed by atoms with Gasteiger partial charge in [-0.2, -0.15) is 0 Å². The fourth-order valence-corrected chi connectivity index (χ4v) is 1.49. The average Bonchev–Trinajstić information content (AvgIpc) is 2.15. The monoisotopic (exact) mass is 261 g/mol. The molecule has 5 nitrogen and oxygen atoms in total. The molecule has 16 heavy (non-hydrogen) atoms. The van der Waals surface area contributed by atoms with E-state index in [1.165, 1.54) is 13.0 Å². The van der Waals surface area contributed by atoms with Gasteiger partial charge in [-0.05, 0) is 6.07 Å². The molecule has 1 rings (SSSR count). The minimum Gasteiger partial charge on any atom is -0.382 e. The maximum Gasteiger partial charge on any atom is 0.217 e. The normalized spacial score (nSPS) is 9.94. The molecule has 7 heteroatoms. The molecule has 1 heterocycles. The summed E-state index contributed by atoms with van der Waals surface area (Å²) in [4.78, 5) is 25.5. The average molecular weight is 262 g/mol. The molecule has 0 saturated carbocycles. The van der Waals surface area contributed by atoms with E-state index in [-0.39, 0.29) is 22.5 Å². The number of hydrogen-bond acceptors (Lipinski definition) is 5. The molecule has 1 aromatic rings. The highest BCUT2D eigenvalue weighted by Crippen LogP contribution is 2.28. The van der Waals surface area contributed by atoms with Crippen LogP contribution in [0.3, 0.4) is 0 Å². The maximum absolute atomic E-state index is 11.1. The Balaban J connectivity index is 2.82. The summed E-state index contributed by atoms with van der Waals surface area (Å²) in [6.45, 7) is 1.01. The number of nitrogens with one attached hydrogen (secondary N) is 1. The van der Waals surface area contributed by atoms with Crippen LogP contribution in [0.2, 0.25) is 10.2 Å². The summed E-state index contributed by atoms with van der Waals surface area (Å²) in [5.41, 5.74) is 5.84. The first-order chi connectivity index (χ1) is 7.41. The van der Waals surface area contributed by atoms with Crippen LogP contribution in [0.5, 0.6) is 0 Å². The van der Waals surface area contributed by atoms with Crippen LogP contribution in [-0.4, -0.2) is 23.1 Å². The number of aromatic nitrogens is 1. The smallest absolute Gasteiger partial charge is 0.217 e. The predicted molar refractivity (Wildman–Crippen MR) is 62.8 cm³/mol. The van der Waals surface area contributed by atoms with Crippen molar-refractivity contribution in [1.82, 2.24) is 4.98 Å².